The molecule has 0 atom stereocenters. The summed E-state index contributed by atoms with van der Waals surface area (Å²) >= 11 is 0. The number of benzene rings is 1. The molecule has 1 aromatic rings. The molecule has 0 saturated heterocycles. The Morgan fingerprint density at radius 1 is 1.22 bits per heavy atom. The molecule has 1 aromatic carbocycles. The van der Waals surface area contributed by atoms with Crippen LogP contribution in [0.3, 0.4) is 0 Å². The minimum absolute atomic E-state index is 0.445. The first-order valence-electron chi connectivity index (χ1n) is 5.65. The van der Waals surface area contributed by atoms with Crippen molar-refractivity contribution in [1.29, 1.82) is 0 Å². The van der Waals surface area contributed by atoms with Gasteiger partial charge in [-0.15, -0.1) is 0 Å². The molecular formula is C14H18O4. The highest BCUT2D eigenvalue weighted by atomic mass is 16.6. The average Bonchev–Trinajstić information content (AvgIpc) is 2.31. The molecule has 4 nitrogen and oxygen atoms in total. The van der Waals surface area contributed by atoms with E-state index in [0.29, 0.717) is 11.3 Å². The lowest BCUT2D eigenvalue weighted by molar-refractivity contribution is -0.156. The van der Waals surface area contributed by atoms with Gasteiger partial charge in [0.05, 0.1) is 7.11 Å². The smallest absolute Gasteiger partial charge is 0.349 e. The van der Waals surface area contributed by atoms with Gasteiger partial charge in [0, 0.05) is 5.56 Å². The van der Waals surface area contributed by atoms with Crippen LogP contribution in [0.25, 0.3) is 0 Å². The summed E-state index contributed by atoms with van der Waals surface area (Å²) in [7, 11) is 1.32. The molecule has 18 heavy (non-hydrogen) atoms. The fourth-order valence-electron chi connectivity index (χ4n) is 1.61. The van der Waals surface area contributed by atoms with E-state index in [4.69, 9.17) is 4.74 Å². The van der Waals surface area contributed by atoms with E-state index in [-0.39, 0.29) is 0 Å². The summed E-state index contributed by atoms with van der Waals surface area (Å²) in [6.07, 6.45) is 0.803. The highest BCUT2D eigenvalue weighted by Crippen LogP contribution is 2.26. The summed E-state index contributed by atoms with van der Waals surface area (Å²) in [4.78, 5) is 22.4. The third kappa shape index (κ3) is 2.88. The van der Waals surface area contributed by atoms with E-state index < -0.39 is 11.6 Å². The Balaban J connectivity index is 3.09. The topological polar surface area (TPSA) is 52.6 Å². The van der Waals surface area contributed by atoms with Crippen LogP contribution in [0.4, 0.5) is 0 Å². The number of ether oxygens (including phenoxy) is 2. The van der Waals surface area contributed by atoms with Gasteiger partial charge in [-0.2, -0.15) is 0 Å². The van der Waals surface area contributed by atoms with Crippen LogP contribution in [0.2, 0.25) is 0 Å². The highest BCUT2D eigenvalue weighted by molar-refractivity contribution is 5.80. The zero-order valence-corrected chi connectivity index (χ0v) is 11.4. The number of aryl methyl sites for hydroxylation is 2. The Morgan fingerprint density at radius 2 is 1.83 bits per heavy atom. The minimum Gasteiger partial charge on any atom is -0.476 e. The van der Waals surface area contributed by atoms with Crippen LogP contribution in [0.15, 0.2) is 12.1 Å². The molecule has 0 spiro atoms. The van der Waals surface area contributed by atoms with Crippen molar-refractivity contribution in [2.24, 2.45) is 0 Å². The number of carbonyl (C=O) groups is 2. The summed E-state index contributed by atoms with van der Waals surface area (Å²) < 4.78 is 10.4. The van der Waals surface area contributed by atoms with Crippen molar-refractivity contribution in [3.8, 4) is 5.75 Å². The lowest BCUT2D eigenvalue weighted by atomic mass is 10.0. The zero-order chi connectivity index (χ0) is 13.9. The third-order valence-electron chi connectivity index (χ3n) is 2.73. The Morgan fingerprint density at radius 3 is 2.33 bits per heavy atom. The first-order valence-corrected chi connectivity index (χ1v) is 5.65. The molecule has 0 saturated carbocycles. The second-order valence-corrected chi connectivity index (χ2v) is 4.70. The highest BCUT2D eigenvalue weighted by Gasteiger charge is 2.31. The van der Waals surface area contributed by atoms with Crippen molar-refractivity contribution in [3.05, 3.63) is 28.8 Å². The Bertz CT molecular complexity index is 475. The summed E-state index contributed by atoms with van der Waals surface area (Å²) in [6, 6.07) is 3.49. The molecular weight excluding hydrogens is 232 g/mol. The van der Waals surface area contributed by atoms with Crippen LogP contribution in [0.5, 0.6) is 5.75 Å². The van der Waals surface area contributed by atoms with Gasteiger partial charge in [-0.25, -0.2) is 4.79 Å². The fourth-order valence-corrected chi connectivity index (χ4v) is 1.61. The molecule has 0 aromatic heterocycles. The number of hydrogen-bond donors (Lipinski definition) is 0. The van der Waals surface area contributed by atoms with Crippen molar-refractivity contribution in [3.63, 3.8) is 0 Å². The molecule has 0 aliphatic heterocycles. The summed E-state index contributed by atoms with van der Waals surface area (Å²) in [5.41, 5.74) is 1.18. The summed E-state index contributed by atoms with van der Waals surface area (Å²) in [6.45, 7) is 6.93. The summed E-state index contributed by atoms with van der Waals surface area (Å²) in [5.74, 6) is 0.132. The van der Waals surface area contributed by atoms with Gasteiger partial charge >= 0.3 is 5.97 Å². The maximum atomic E-state index is 11.6. The molecule has 0 amide bonds. The molecule has 0 N–H and O–H groups in total. The Kier molecular flexibility index (Phi) is 4.11. The third-order valence-corrected chi connectivity index (χ3v) is 2.73. The number of esters is 1. The number of carbonyl (C=O) groups excluding carboxylic acids is 2. The predicted octanol–water partition coefficient (Wildman–Crippen LogP) is 2.45. The monoisotopic (exact) mass is 250 g/mol. The average molecular weight is 250 g/mol. The van der Waals surface area contributed by atoms with Gasteiger partial charge in [0.15, 0.2) is 5.60 Å². The van der Waals surface area contributed by atoms with Crippen LogP contribution < -0.4 is 4.74 Å². The van der Waals surface area contributed by atoms with E-state index >= 15 is 0 Å². The second kappa shape index (κ2) is 5.21. The first kappa shape index (κ1) is 14.2. The number of methoxy groups -OCH3 is 1. The lowest BCUT2D eigenvalue weighted by Gasteiger charge is -2.24. The molecule has 4 heteroatoms. The molecule has 1 rings (SSSR count). The van der Waals surface area contributed by atoms with Gasteiger partial charge in [-0.1, -0.05) is 0 Å². The van der Waals surface area contributed by atoms with Crippen molar-refractivity contribution in [2.45, 2.75) is 33.3 Å². The molecule has 0 unspecified atom stereocenters. The van der Waals surface area contributed by atoms with Crippen LogP contribution in [-0.4, -0.2) is 25.0 Å². The van der Waals surface area contributed by atoms with Gasteiger partial charge in [-0.05, 0) is 51.0 Å². The van der Waals surface area contributed by atoms with Crippen LogP contribution >= 0.6 is 0 Å². The van der Waals surface area contributed by atoms with Crippen LogP contribution in [0.1, 0.15) is 35.3 Å². The number of aldehydes is 1. The van der Waals surface area contributed by atoms with Crippen molar-refractivity contribution >= 4 is 12.3 Å². The minimum atomic E-state index is -1.06. The Hall–Kier alpha value is -1.84. The van der Waals surface area contributed by atoms with E-state index in [2.05, 4.69) is 4.74 Å². The maximum absolute atomic E-state index is 11.6. The van der Waals surface area contributed by atoms with E-state index in [9.17, 15) is 9.59 Å². The lowest BCUT2D eigenvalue weighted by Crippen LogP contribution is -2.39. The van der Waals surface area contributed by atoms with Crippen LogP contribution in [-0.2, 0) is 9.53 Å². The van der Waals surface area contributed by atoms with Crippen LogP contribution in [0, 0.1) is 13.8 Å². The second-order valence-electron chi connectivity index (χ2n) is 4.70. The normalized spacial score (nSPS) is 10.9. The quantitative estimate of drug-likeness (QED) is 0.608. The standard InChI is InChI=1S/C14H18O4/c1-9-7-12(10(2)6-11(9)8-15)18-14(3,4)13(16)17-5/h6-8H,1-5H3. The largest absolute Gasteiger partial charge is 0.476 e. The van der Waals surface area contributed by atoms with Gasteiger partial charge in [0.2, 0.25) is 0 Å². The fraction of sp³-hybridized carbons (Fsp3) is 0.429. The maximum Gasteiger partial charge on any atom is 0.349 e. The summed E-state index contributed by atoms with van der Waals surface area (Å²) in [5, 5.41) is 0. The van der Waals surface area contributed by atoms with E-state index in [1.54, 1.807) is 26.0 Å². The molecule has 0 bridgehead atoms. The van der Waals surface area contributed by atoms with Crippen molar-refractivity contribution in [2.75, 3.05) is 7.11 Å². The SMILES string of the molecule is COC(=O)C(C)(C)Oc1cc(C)c(C=O)cc1C. The molecule has 0 fully saturated rings. The van der Waals surface area contributed by atoms with Gasteiger partial charge < -0.3 is 9.47 Å². The van der Waals surface area contributed by atoms with Crippen molar-refractivity contribution in [1.82, 2.24) is 0 Å². The molecule has 0 aliphatic carbocycles. The number of hydrogen-bond acceptors (Lipinski definition) is 4. The first-order chi connectivity index (χ1) is 8.31. The zero-order valence-electron chi connectivity index (χ0n) is 11.4. The van der Waals surface area contributed by atoms with Gasteiger partial charge in [0.25, 0.3) is 0 Å². The molecule has 98 valence electrons. The van der Waals surface area contributed by atoms with E-state index in [1.807, 2.05) is 13.8 Å². The van der Waals surface area contributed by atoms with E-state index in [1.165, 1.54) is 7.11 Å². The molecule has 0 radical (unpaired) electrons. The number of rotatable bonds is 4. The van der Waals surface area contributed by atoms with Gasteiger partial charge in [-0.3, -0.25) is 4.79 Å². The molecule has 0 aliphatic rings. The Labute approximate surface area is 107 Å². The molecule has 0 heterocycles. The van der Waals surface area contributed by atoms with Crippen molar-refractivity contribution < 1.29 is 19.1 Å². The van der Waals surface area contributed by atoms with E-state index in [0.717, 1.165) is 17.4 Å². The predicted molar refractivity (Wildman–Crippen MR) is 68.0 cm³/mol. The van der Waals surface area contributed by atoms with Gasteiger partial charge in [0.1, 0.15) is 12.0 Å².